The van der Waals surface area contributed by atoms with Gasteiger partial charge in [-0.1, -0.05) is 36.2 Å². The number of carbonyl (C=O) groups is 2. The molecule has 2 aromatic carbocycles. The number of anilines is 1. The lowest BCUT2D eigenvalue weighted by atomic mass is 9.83. The number of nitrogens with zero attached hydrogens (tertiary/aromatic N) is 1. The Morgan fingerprint density at radius 2 is 2.03 bits per heavy atom. The van der Waals surface area contributed by atoms with Crippen molar-refractivity contribution in [3.8, 4) is 0 Å². The molecule has 1 aliphatic carbocycles. The standard InChI is InChI=1S/C22H24ClN3O2S/c23-19-7-2-1-4-15(19)11-21(27)25-17-10-16-13-26(22(28)14-5-3-6-14)9-8-18(16)20(12-17)29-24/h1-2,4,7,10,12,14H,3,5-6,8-9,11,13,24H2,(H,25,27). The van der Waals surface area contributed by atoms with Crippen molar-refractivity contribution in [3.63, 3.8) is 0 Å². The molecule has 0 aromatic heterocycles. The van der Waals surface area contributed by atoms with Crippen LogP contribution in [0.5, 0.6) is 0 Å². The zero-order chi connectivity index (χ0) is 20.4. The molecule has 5 nitrogen and oxygen atoms in total. The van der Waals surface area contributed by atoms with Gasteiger partial charge in [0.2, 0.25) is 11.8 Å². The van der Waals surface area contributed by atoms with Gasteiger partial charge in [-0.05, 0) is 66.1 Å². The molecule has 1 heterocycles. The summed E-state index contributed by atoms with van der Waals surface area (Å²) in [5, 5.41) is 9.44. The number of carbonyl (C=O) groups excluding carboxylic acids is 2. The molecule has 2 aromatic rings. The van der Waals surface area contributed by atoms with E-state index in [1.165, 1.54) is 17.5 Å². The average molecular weight is 430 g/mol. The Balaban J connectivity index is 1.50. The minimum atomic E-state index is -0.135. The van der Waals surface area contributed by atoms with E-state index in [0.717, 1.165) is 48.3 Å². The highest BCUT2D eigenvalue weighted by Gasteiger charge is 2.31. The van der Waals surface area contributed by atoms with E-state index in [1.807, 2.05) is 35.2 Å². The van der Waals surface area contributed by atoms with Gasteiger partial charge < -0.3 is 10.2 Å². The lowest BCUT2D eigenvalue weighted by Gasteiger charge is -2.35. The Labute approximate surface area is 180 Å². The second-order valence-corrected chi connectivity index (χ2v) is 8.77. The van der Waals surface area contributed by atoms with E-state index in [0.29, 0.717) is 17.3 Å². The van der Waals surface area contributed by atoms with Gasteiger partial charge in [0.1, 0.15) is 0 Å². The third kappa shape index (κ3) is 4.44. The van der Waals surface area contributed by atoms with Gasteiger partial charge in [0, 0.05) is 34.6 Å². The van der Waals surface area contributed by atoms with Crippen LogP contribution in [0.4, 0.5) is 5.69 Å². The summed E-state index contributed by atoms with van der Waals surface area (Å²) < 4.78 is 0. The van der Waals surface area contributed by atoms with E-state index in [4.69, 9.17) is 16.7 Å². The molecule has 0 spiro atoms. The van der Waals surface area contributed by atoms with Crippen LogP contribution < -0.4 is 10.5 Å². The summed E-state index contributed by atoms with van der Waals surface area (Å²) in [6.45, 7) is 1.31. The molecule has 0 radical (unpaired) electrons. The fourth-order valence-electron chi connectivity index (χ4n) is 3.96. The smallest absolute Gasteiger partial charge is 0.228 e. The quantitative estimate of drug-likeness (QED) is 0.699. The lowest BCUT2D eigenvalue weighted by Crippen LogP contribution is -2.41. The Morgan fingerprint density at radius 1 is 1.24 bits per heavy atom. The maximum absolute atomic E-state index is 12.7. The lowest BCUT2D eigenvalue weighted by molar-refractivity contribution is -0.139. The molecular weight excluding hydrogens is 406 g/mol. The Hall–Kier alpha value is -2.02. The third-order valence-electron chi connectivity index (χ3n) is 5.78. The first-order valence-electron chi connectivity index (χ1n) is 9.89. The second kappa shape index (κ2) is 8.78. The number of nitrogens with two attached hydrogens (primary N) is 1. The first-order chi connectivity index (χ1) is 14.0. The van der Waals surface area contributed by atoms with Crippen LogP contribution in [-0.4, -0.2) is 23.3 Å². The molecule has 3 N–H and O–H groups in total. The fraction of sp³-hybridized carbons (Fsp3) is 0.364. The maximum atomic E-state index is 12.7. The highest BCUT2D eigenvalue weighted by atomic mass is 35.5. The molecule has 1 aliphatic heterocycles. The maximum Gasteiger partial charge on any atom is 0.228 e. The normalized spacial score (nSPS) is 16.1. The second-order valence-electron chi connectivity index (χ2n) is 7.68. The minimum Gasteiger partial charge on any atom is -0.338 e. The molecule has 1 saturated carbocycles. The van der Waals surface area contributed by atoms with Crippen LogP contribution in [0.2, 0.25) is 5.02 Å². The van der Waals surface area contributed by atoms with Crippen LogP contribution in [-0.2, 0) is 29.0 Å². The van der Waals surface area contributed by atoms with Crippen LogP contribution in [0.15, 0.2) is 41.3 Å². The van der Waals surface area contributed by atoms with Crippen molar-refractivity contribution in [2.45, 2.75) is 43.5 Å². The van der Waals surface area contributed by atoms with Crippen LogP contribution in [0.1, 0.15) is 36.0 Å². The van der Waals surface area contributed by atoms with E-state index >= 15 is 0 Å². The van der Waals surface area contributed by atoms with E-state index in [9.17, 15) is 9.59 Å². The van der Waals surface area contributed by atoms with Crippen molar-refractivity contribution in [2.24, 2.45) is 11.1 Å². The summed E-state index contributed by atoms with van der Waals surface area (Å²) in [5.41, 5.74) is 3.73. The first-order valence-corrected chi connectivity index (χ1v) is 11.2. The number of rotatable bonds is 5. The zero-order valence-electron chi connectivity index (χ0n) is 16.1. The monoisotopic (exact) mass is 429 g/mol. The number of halogens is 1. The molecular formula is C22H24ClN3O2S. The van der Waals surface area contributed by atoms with Gasteiger partial charge in [-0.25, -0.2) is 0 Å². The molecule has 0 unspecified atom stereocenters. The predicted octanol–water partition coefficient (Wildman–Crippen LogP) is 4.17. The molecule has 0 atom stereocenters. The first kappa shape index (κ1) is 20.3. The molecule has 1 fully saturated rings. The molecule has 0 bridgehead atoms. The minimum absolute atomic E-state index is 0.135. The van der Waals surface area contributed by atoms with Crippen molar-refractivity contribution in [1.29, 1.82) is 0 Å². The summed E-state index contributed by atoms with van der Waals surface area (Å²) in [4.78, 5) is 28.1. The van der Waals surface area contributed by atoms with Crippen molar-refractivity contribution in [2.75, 3.05) is 11.9 Å². The number of hydrogen-bond donors (Lipinski definition) is 2. The summed E-state index contributed by atoms with van der Waals surface area (Å²) in [7, 11) is 0. The van der Waals surface area contributed by atoms with Gasteiger partial charge in [0.25, 0.3) is 0 Å². The van der Waals surface area contributed by atoms with Crippen molar-refractivity contribution < 1.29 is 9.59 Å². The van der Waals surface area contributed by atoms with E-state index in [1.54, 1.807) is 6.07 Å². The number of hydrogen-bond acceptors (Lipinski definition) is 4. The van der Waals surface area contributed by atoms with Crippen molar-refractivity contribution >= 4 is 41.1 Å². The Morgan fingerprint density at radius 3 is 2.72 bits per heavy atom. The Kier molecular flexibility index (Phi) is 6.13. The summed E-state index contributed by atoms with van der Waals surface area (Å²) in [6.07, 6.45) is 4.15. The summed E-state index contributed by atoms with van der Waals surface area (Å²) in [5.74, 6) is 0.319. The van der Waals surface area contributed by atoms with Gasteiger partial charge in [-0.15, -0.1) is 0 Å². The number of fused-ring (bicyclic) bond motifs is 1. The van der Waals surface area contributed by atoms with Crippen LogP contribution in [0, 0.1) is 5.92 Å². The number of benzene rings is 2. The largest absolute Gasteiger partial charge is 0.338 e. The highest BCUT2D eigenvalue weighted by Crippen LogP contribution is 2.34. The van der Waals surface area contributed by atoms with E-state index in [2.05, 4.69) is 5.32 Å². The van der Waals surface area contributed by atoms with Crippen molar-refractivity contribution in [1.82, 2.24) is 4.90 Å². The number of amides is 2. The average Bonchev–Trinajstić information content (AvgIpc) is 2.67. The van der Waals surface area contributed by atoms with Gasteiger partial charge in [-0.2, -0.15) is 0 Å². The van der Waals surface area contributed by atoms with E-state index in [-0.39, 0.29) is 24.2 Å². The molecule has 2 aliphatic rings. The fourth-order valence-corrected chi connectivity index (χ4v) is 4.73. The summed E-state index contributed by atoms with van der Waals surface area (Å²) in [6, 6.07) is 11.2. The SMILES string of the molecule is NSc1cc(NC(=O)Cc2ccccc2Cl)cc2c1CCN(C(=O)C1CCC1)C2. The molecule has 7 heteroatoms. The molecule has 0 saturated heterocycles. The predicted molar refractivity (Wildman–Crippen MR) is 117 cm³/mol. The molecule has 152 valence electrons. The highest BCUT2D eigenvalue weighted by molar-refractivity contribution is 7.97. The van der Waals surface area contributed by atoms with Gasteiger partial charge in [-0.3, -0.25) is 14.7 Å². The van der Waals surface area contributed by atoms with Gasteiger partial charge in [0.15, 0.2) is 0 Å². The van der Waals surface area contributed by atoms with Gasteiger partial charge in [0.05, 0.1) is 6.42 Å². The van der Waals surface area contributed by atoms with E-state index < -0.39 is 0 Å². The third-order valence-corrected chi connectivity index (χ3v) is 6.77. The van der Waals surface area contributed by atoms with Crippen LogP contribution >= 0.6 is 23.5 Å². The van der Waals surface area contributed by atoms with Crippen LogP contribution in [0.3, 0.4) is 0 Å². The molecule has 4 rings (SSSR count). The Bertz CT molecular complexity index is 946. The van der Waals surface area contributed by atoms with Gasteiger partial charge >= 0.3 is 0 Å². The molecule has 2 amide bonds. The van der Waals surface area contributed by atoms with Crippen molar-refractivity contribution in [3.05, 3.63) is 58.1 Å². The molecule has 29 heavy (non-hydrogen) atoms. The summed E-state index contributed by atoms with van der Waals surface area (Å²) >= 11 is 7.35. The zero-order valence-corrected chi connectivity index (χ0v) is 17.7. The van der Waals surface area contributed by atoms with Crippen LogP contribution in [0.25, 0.3) is 0 Å². The number of nitrogens with one attached hydrogen (secondary N) is 1. The topological polar surface area (TPSA) is 75.4 Å².